The van der Waals surface area contributed by atoms with E-state index in [1.807, 2.05) is 13.8 Å². The van der Waals surface area contributed by atoms with Gasteiger partial charge in [0.15, 0.2) is 0 Å². The van der Waals surface area contributed by atoms with Gasteiger partial charge in [-0.3, -0.25) is 0 Å². The SMILES string of the molecule is CCCC(C)Oc1ccc(F)cc1CC(N)CC. The van der Waals surface area contributed by atoms with Crippen LogP contribution < -0.4 is 10.5 Å². The van der Waals surface area contributed by atoms with Gasteiger partial charge >= 0.3 is 0 Å². The average Bonchev–Trinajstić information content (AvgIpc) is 2.33. The molecule has 0 aliphatic carbocycles. The largest absolute Gasteiger partial charge is 0.490 e. The maximum Gasteiger partial charge on any atom is 0.123 e. The summed E-state index contributed by atoms with van der Waals surface area (Å²) in [5.74, 6) is 0.532. The molecule has 18 heavy (non-hydrogen) atoms. The Hall–Kier alpha value is -1.09. The molecule has 0 aliphatic rings. The zero-order valence-electron chi connectivity index (χ0n) is 11.6. The molecule has 0 amide bonds. The third-order valence-electron chi connectivity index (χ3n) is 3.05. The van der Waals surface area contributed by atoms with Crippen molar-refractivity contribution in [1.29, 1.82) is 0 Å². The van der Waals surface area contributed by atoms with Crippen LogP contribution in [0, 0.1) is 5.82 Å². The van der Waals surface area contributed by atoms with Gasteiger partial charge in [0, 0.05) is 6.04 Å². The van der Waals surface area contributed by atoms with Crippen LogP contribution in [0.5, 0.6) is 5.75 Å². The highest BCUT2D eigenvalue weighted by atomic mass is 19.1. The zero-order valence-corrected chi connectivity index (χ0v) is 11.6. The van der Waals surface area contributed by atoms with Crippen molar-refractivity contribution in [2.45, 2.75) is 58.6 Å². The topological polar surface area (TPSA) is 35.2 Å². The van der Waals surface area contributed by atoms with Crippen molar-refractivity contribution in [2.24, 2.45) is 5.73 Å². The van der Waals surface area contributed by atoms with Gasteiger partial charge in [0.1, 0.15) is 11.6 Å². The van der Waals surface area contributed by atoms with Crippen LogP contribution in [0.2, 0.25) is 0 Å². The number of ether oxygens (including phenoxy) is 1. The summed E-state index contributed by atoms with van der Waals surface area (Å²) >= 11 is 0. The molecule has 1 aromatic carbocycles. The molecule has 0 fully saturated rings. The molecule has 0 heterocycles. The Morgan fingerprint density at radius 1 is 1.33 bits per heavy atom. The van der Waals surface area contributed by atoms with E-state index in [1.165, 1.54) is 12.1 Å². The van der Waals surface area contributed by atoms with E-state index in [2.05, 4.69) is 6.92 Å². The second-order valence-corrected chi connectivity index (χ2v) is 4.84. The third-order valence-corrected chi connectivity index (χ3v) is 3.05. The number of halogens is 1. The van der Waals surface area contributed by atoms with E-state index in [4.69, 9.17) is 10.5 Å². The molecule has 102 valence electrons. The summed E-state index contributed by atoms with van der Waals surface area (Å²) in [5, 5.41) is 0. The second kappa shape index (κ2) is 7.37. The number of rotatable bonds is 7. The summed E-state index contributed by atoms with van der Waals surface area (Å²) in [6, 6.07) is 4.73. The first-order valence-corrected chi connectivity index (χ1v) is 6.77. The fraction of sp³-hybridized carbons (Fsp3) is 0.600. The van der Waals surface area contributed by atoms with E-state index >= 15 is 0 Å². The molecule has 0 aromatic heterocycles. The van der Waals surface area contributed by atoms with E-state index in [0.29, 0.717) is 6.42 Å². The Morgan fingerprint density at radius 3 is 2.67 bits per heavy atom. The molecule has 2 nitrogen and oxygen atoms in total. The van der Waals surface area contributed by atoms with Crippen molar-refractivity contribution >= 4 is 0 Å². The third kappa shape index (κ3) is 4.65. The van der Waals surface area contributed by atoms with Crippen molar-refractivity contribution in [1.82, 2.24) is 0 Å². The quantitative estimate of drug-likeness (QED) is 0.804. The van der Waals surface area contributed by atoms with Crippen LogP contribution in [0.3, 0.4) is 0 Å². The van der Waals surface area contributed by atoms with Gasteiger partial charge in [0.25, 0.3) is 0 Å². The van der Waals surface area contributed by atoms with Crippen LogP contribution >= 0.6 is 0 Å². The molecular weight excluding hydrogens is 229 g/mol. The number of hydrogen-bond acceptors (Lipinski definition) is 2. The lowest BCUT2D eigenvalue weighted by Gasteiger charge is -2.18. The van der Waals surface area contributed by atoms with Gasteiger partial charge in [-0.15, -0.1) is 0 Å². The molecule has 1 rings (SSSR count). The van der Waals surface area contributed by atoms with Crippen molar-refractivity contribution in [3.05, 3.63) is 29.6 Å². The molecule has 2 unspecified atom stereocenters. The molecule has 3 heteroatoms. The minimum Gasteiger partial charge on any atom is -0.490 e. The summed E-state index contributed by atoms with van der Waals surface area (Å²) in [4.78, 5) is 0. The molecular formula is C15H24FNO. The Bertz CT molecular complexity index is 368. The minimum atomic E-state index is -0.233. The van der Waals surface area contributed by atoms with Crippen molar-refractivity contribution in [3.8, 4) is 5.75 Å². The Balaban J connectivity index is 2.82. The predicted octanol–water partition coefficient (Wildman–Crippen LogP) is 3.67. The Kier molecular flexibility index (Phi) is 6.13. The van der Waals surface area contributed by atoms with E-state index in [0.717, 1.165) is 30.6 Å². The summed E-state index contributed by atoms with van der Waals surface area (Å²) in [6.07, 6.45) is 3.75. The van der Waals surface area contributed by atoms with Gasteiger partial charge in [-0.1, -0.05) is 20.3 Å². The van der Waals surface area contributed by atoms with Crippen LogP contribution in [-0.2, 0) is 6.42 Å². The molecule has 0 spiro atoms. The molecule has 0 bridgehead atoms. The van der Waals surface area contributed by atoms with Crippen LogP contribution in [0.1, 0.15) is 45.6 Å². The lowest BCUT2D eigenvalue weighted by molar-refractivity contribution is 0.207. The monoisotopic (exact) mass is 253 g/mol. The molecule has 0 aliphatic heterocycles. The molecule has 1 aromatic rings. The fourth-order valence-electron chi connectivity index (χ4n) is 1.93. The number of hydrogen-bond donors (Lipinski definition) is 1. The minimum absolute atomic E-state index is 0.0515. The Morgan fingerprint density at radius 2 is 2.06 bits per heavy atom. The van der Waals surface area contributed by atoms with Crippen molar-refractivity contribution in [2.75, 3.05) is 0 Å². The molecule has 2 N–H and O–H groups in total. The molecule has 0 saturated heterocycles. The van der Waals surface area contributed by atoms with Gasteiger partial charge in [0.2, 0.25) is 0 Å². The van der Waals surface area contributed by atoms with Crippen LogP contribution in [0.15, 0.2) is 18.2 Å². The van der Waals surface area contributed by atoms with Gasteiger partial charge in [-0.05, 0) is 49.9 Å². The predicted molar refractivity (Wildman–Crippen MR) is 73.4 cm³/mol. The first kappa shape index (κ1) is 15.0. The highest BCUT2D eigenvalue weighted by Gasteiger charge is 2.11. The smallest absolute Gasteiger partial charge is 0.123 e. The van der Waals surface area contributed by atoms with E-state index in [1.54, 1.807) is 6.07 Å². The maximum atomic E-state index is 13.3. The zero-order chi connectivity index (χ0) is 13.5. The second-order valence-electron chi connectivity index (χ2n) is 4.84. The molecule has 2 atom stereocenters. The lowest BCUT2D eigenvalue weighted by Crippen LogP contribution is -2.22. The standard InChI is InChI=1S/C15H24FNO/c1-4-6-11(3)18-15-8-7-13(16)9-12(15)10-14(17)5-2/h7-9,11,14H,4-6,10,17H2,1-3H3. The highest BCUT2D eigenvalue weighted by molar-refractivity contribution is 5.34. The van der Waals surface area contributed by atoms with Gasteiger partial charge in [0.05, 0.1) is 6.10 Å². The average molecular weight is 253 g/mol. The van der Waals surface area contributed by atoms with Crippen LogP contribution in [0.25, 0.3) is 0 Å². The summed E-state index contributed by atoms with van der Waals surface area (Å²) < 4.78 is 19.2. The lowest BCUT2D eigenvalue weighted by atomic mass is 10.0. The van der Waals surface area contributed by atoms with Crippen molar-refractivity contribution in [3.63, 3.8) is 0 Å². The normalized spacial score (nSPS) is 14.3. The van der Waals surface area contributed by atoms with Gasteiger partial charge in [-0.25, -0.2) is 4.39 Å². The Labute approximate surface area is 109 Å². The summed E-state index contributed by atoms with van der Waals surface area (Å²) in [7, 11) is 0. The number of nitrogens with two attached hydrogens (primary N) is 1. The summed E-state index contributed by atoms with van der Waals surface area (Å²) in [6.45, 7) is 6.19. The molecule has 0 saturated carbocycles. The first-order valence-electron chi connectivity index (χ1n) is 6.77. The van der Waals surface area contributed by atoms with E-state index in [9.17, 15) is 4.39 Å². The van der Waals surface area contributed by atoms with Crippen LogP contribution in [0.4, 0.5) is 4.39 Å². The van der Waals surface area contributed by atoms with Gasteiger partial charge < -0.3 is 10.5 Å². The fourth-order valence-corrected chi connectivity index (χ4v) is 1.93. The van der Waals surface area contributed by atoms with E-state index < -0.39 is 0 Å². The van der Waals surface area contributed by atoms with E-state index in [-0.39, 0.29) is 18.0 Å². The van der Waals surface area contributed by atoms with Gasteiger partial charge in [-0.2, -0.15) is 0 Å². The molecule has 0 radical (unpaired) electrons. The maximum absolute atomic E-state index is 13.3. The first-order chi connectivity index (χ1) is 8.56. The number of benzene rings is 1. The van der Waals surface area contributed by atoms with Crippen LogP contribution in [-0.4, -0.2) is 12.1 Å². The summed E-state index contributed by atoms with van der Waals surface area (Å²) in [5.41, 5.74) is 6.80. The highest BCUT2D eigenvalue weighted by Crippen LogP contribution is 2.23. The van der Waals surface area contributed by atoms with Crippen molar-refractivity contribution < 1.29 is 9.13 Å².